The van der Waals surface area contributed by atoms with Gasteiger partial charge in [0.05, 0.1) is 31.0 Å². The van der Waals surface area contributed by atoms with Gasteiger partial charge in [-0.15, -0.1) is 0 Å². The maximum atomic E-state index is 14.3. The fourth-order valence-corrected chi connectivity index (χ4v) is 11.6. The number of ether oxygens (including phenoxy) is 2. The van der Waals surface area contributed by atoms with Crippen LogP contribution in [0, 0.1) is 0 Å². The summed E-state index contributed by atoms with van der Waals surface area (Å²) in [6.45, 7) is 17.9. The van der Waals surface area contributed by atoms with Crippen LogP contribution in [0.2, 0.25) is 16.6 Å². The van der Waals surface area contributed by atoms with Crippen molar-refractivity contribution in [1.82, 2.24) is 4.90 Å². The van der Waals surface area contributed by atoms with Gasteiger partial charge < -0.3 is 29.0 Å². The van der Waals surface area contributed by atoms with Crippen LogP contribution in [-0.2, 0) is 4.74 Å². The second kappa shape index (κ2) is 14.6. The molecule has 1 unspecified atom stereocenters. The Labute approximate surface area is 273 Å². The molecule has 1 aliphatic rings. The van der Waals surface area contributed by atoms with Gasteiger partial charge in [0.15, 0.2) is 5.75 Å². The first-order valence-corrected chi connectivity index (χ1v) is 17.7. The summed E-state index contributed by atoms with van der Waals surface area (Å²) in [6.07, 6.45) is 0.139. The number of methoxy groups -OCH3 is 1. The maximum Gasteiger partial charge on any atom is 0.412 e. The van der Waals surface area contributed by atoms with E-state index in [0.29, 0.717) is 23.6 Å². The van der Waals surface area contributed by atoms with Gasteiger partial charge >= 0.3 is 12.2 Å². The lowest BCUT2D eigenvalue weighted by molar-refractivity contribution is 0.0635. The van der Waals surface area contributed by atoms with Crippen LogP contribution in [0.1, 0.15) is 84.7 Å². The van der Waals surface area contributed by atoms with Crippen molar-refractivity contribution in [3.63, 3.8) is 0 Å². The summed E-state index contributed by atoms with van der Waals surface area (Å²) in [6, 6.07) is 9.38. The first kappa shape index (κ1) is 36.4. The lowest BCUT2D eigenvalue weighted by Crippen LogP contribution is -2.50. The van der Waals surface area contributed by atoms with Gasteiger partial charge in [-0.05, 0) is 73.2 Å². The lowest BCUT2D eigenvalue weighted by atomic mass is 10.0. The normalized spacial score (nSPS) is 15.2. The number of rotatable bonds is 11. The Hall–Kier alpha value is -4.03. The second-order valence-corrected chi connectivity index (χ2v) is 18.9. The quantitative estimate of drug-likeness (QED) is 0.179. The third-order valence-corrected chi connectivity index (χ3v) is 14.2. The van der Waals surface area contributed by atoms with Crippen molar-refractivity contribution in [1.29, 1.82) is 0 Å². The number of hydrogen-bond acceptors (Lipinski definition) is 7. The molecule has 1 aliphatic heterocycles. The molecule has 0 radical (unpaired) electrons. The van der Waals surface area contributed by atoms with E-state index >= 15 is 0 Å². The molecular formula is C34H49N3O8Si. The van der Waals surface area contributed by atoms with Crippen molar-refractivity contribution >= 4 is 43.4 Å². The highest BCUT2D eigenvalue weighted by atomic mass is 28.4. The summed E-state index contributed by atoms with van der Waals surface area (Å²) in [5.41, 5.74) is 2.29. The number of benzene rings is 2. The molecule has 0 saturated carbocycles. The minimum Gasteiger partial charge on any atom is -0.540 e. The topological polar surface area (TPSA) is 147 Å². The predicted octanol–water partition coefficient (Wildman–Crippen LogP) is 7.93. The van der Waals surface area contributed by atoms with Crippen molar-refractivity contribution in [3.8, 4) is 11.5 Å². The smallest absolute Gasteiger partial charge is 0.412 e. The van der Waals surface area contributed by atoms with Crippen molar-refractivity contribution < 1.29 is 38.5 Å². The summed E-state index contributed by atoms with van der Waals surface area (Å²) >= 11 is 0. The van der Waals surface area contributed by atoms with Crippen LogP contribution in [0.25, 0.3) is 5.57 Å². The van der Waals surface area contributed by atoms with E-state index in [-0.39, 0.29) is 34.5 Å². The molecule has 0 spiro atoms. The monoisotopic (exact) mass is 655 g/mol. The molecular weight excluding hydrogens is 606 g/mol. The van der Waals surface area contributed by atoms with Crippen molar-refractivity contribution in [2.75, 3.05) is 24.4 Å². The fraction of sp³-hybridized carbons (Fsp3) is 0.500. The van der Waals surface area contributed by atoms with Gasteiger partial charge in [-0.1, -0.05) is 53.7 Å². The molecule has 46 heavy (non-hydrogen) atoms. The molecule has 0 aromatic heterocycles. The molecule has 0 saturated heterocycles. The standard InChI is InChI=1S/C34H49N3O8Si/c1-20(2)46(21(3)4,22(5)6)45-30-17-28(36-33(42)44-34(7,8)9)27(16-29(30)43-10)31(39)37-18-24(15-26(37)19-38)23-11-13-25(14-12-23)35-32(40)41/h11-14,16-18,20-22,26,35,38H,15,19H2,1-10H3,(H,36,42)(H,40,41). The zero-order valence-corrected chi connectivity index (χ0v) is 29.6. The van der Waals surface area contributed by atoms with Crippen LogP contribution >= 0.6 is 0 Å². The van der Waals surface area contributed by atoms with Crippen LogP contribution in [0.4, 0.5) is 21.0 Å². The minimum atomic E-state index is -2.46. The van der Waals surface area contributed by atoms with Gasteiger partial charge in [-0.2, -0.15) is 0 Å². The van der Waals surface area contributed by atoms with Crippen molar-refractivity contribution in [3.05, 3.63) is 53.7 Å². The van der Waals surface area contributed by atoms with Gasteiger partial charge in [0, 0.05) is 18.0 Å². The third-order valence-electron chi connectivity index (χ3n) is 8.26. The molecule has 4 N–H and O–H groups in total. The van der Waals surface area contributed by atoms with Gasteiger partial charge in [0.2, 0.25) is 0 Å². The third kappa shape index (κ3) is 8.21. The Balaban J connectivity index is 2.12. The Morgan fingerprint density at radius 2 is 1.54 bits per heavy atom. The van der Waals surface area contributed by atoms with Gasteiger partial charge in [0.1, 0.15) is 11.4 Å². The van der Waals surface area contributed by atoms with E-state index in [1.165, 1.54) is 12.0 Å². The molecule has 2 aromatic rings. The first-order chi connectivity index (χ1) is 21.4. The highest BCUT2D eigenvalue weighted by Gasteiger charge is 2.47. The van der Waals surface area contributed by atoms with Gasteiger partial charge in [-0.25, -0.2) is 9.59 Å². The summed E-state index contributed by atoms with van der Waals surface area (Å²) in [5.74, 6) is 0.316. The van der Waals surface area contributed by atoms with E-state index < -0.39 is 38.1 Å². The number of nitrogens with one attached hydrogen (secondary N) is 2. The average molecular weight is 656 g/mol. The summed E-state index contributed by atoms with van der Waals surface area (Å²) in [7, 11) is -0.955. The molecule has 0 aliphatic carbocycles. The number of carbonyl (C=O) groups excluding carboxylic acids is 2. The number of carbonyl (C=O) groups is 3. The molecule has 0 bridgehead atoms. The Morgan fingerprint density at radius 1 is 0.957 bits per heavy atom. The van der Waals surface area contributed by atoms with Crippen molar-refractivity contribution in [2.24, 2.45) is 0 Å². The highest BCUT2D eigenvalue weighted by molar-refractivity contribution is 6.78. The van der Waals surface area contributed by atoms with E-state index in [2.05, 4.69) is 52.2 Å². The van der Waals surface area contributed by atoms with Crippen LogP contribution in [-0.4, -0.2) is 66.9 Å². The van der Waals surface area contributed by atoms with Crippen LogP contribution in [0.5, 0.6) is 11.5 Å². The van der Waals surface area contributed by atoms with E-state index in [9.17, 15) is 19.5 Å². The number of amides is 3. The zero-order valence-electron chi connectivity index (χ0n) is 28.6. The van der Waals surface area contributed by atoms with E-state index in [0.717, 1.165) is 11.1 Å². The van der Waals surface area contributed by atoms with E-state index in [1.807, 2.05) is 0 Å². The number of aliphatic hydroxyl groups is 1. The minimum absolute atomic E-state index is 0.137. The average Bonchev–Trinajstić information content (AvgIpc) is 3.38. The number of hydrogen-bond donors (Lipinski definition) is 4. The SMILES string of the molecule is COc1cc(C(=O)N2C=C(c3ccc(NC(=O)O)cc3)CC2CO)c(NC(=O)OC(C)(C)C)cc1O[Si](C(C)C)(C(C)C)C(C)C. The summed E-state index contributed by atoms with van der Waals surface area (Å²) in [4.78, 5) is 39.7. The number of nitrogens with zero attached hydrogens (tertiary/aromatic N) is 1. The zero-order chi connectivity index (χ0) is 34.6. The number of carboxylic acid groups (broad SMARTS) is 1. The second-order valence-electron chi connectivity index (χ2n) is 13.5. The molecule has 1 atom stereocenters. The molecule has 0 fully saturated rings. The van der Waals surface area contributed by atoms with Crippen LogP contribution in [0.3, 0.4) is 0 Å². The molecule has 3 rings (SSSR count). The molecule has 11 nitrogen and oxygen atoms in total. The largest absolute Gasteiger partial charge is 0.540 e. The van der Waals surface area contributed by atoms with Gasteiger partial charge in [0.25, 0.3) is 14.2 Å². The van der Waals surface area contributed by atoms with E-state index in [4.69, 9.17) is 19.0 Å². The fourth-order valence-electron chi connectivity index (χ4n) is 6.31. The molecule has 252 valence electrons. The molecule has 2 aromatic carbocycles. The lowest BCUT2D eigenvalue weighted by Gasteiger charge is -2.42. The first-order valence-electron chi connectivity index (χ1n) is 15.6. The molecule has 1 heterocycles. The van der Waals surface area contributed by atoms with Crippen molar-refractivity contribution in [2.45, 2.75) is 97.0 Å². The van der Waals surface area contributed by atoms with Gasteiger partial charge in [-0.3, -0.25) is 15.4 Å². The number of aliphatic hydroxyl groups excluding tert-OH is 1. The summed E-state index contributed by atoms with van der Waals surface area (Å²) in [5, 5.41) is 24.3. The summed E-state index contributed by atoms with van der Waals surface area (Å²) < 4.78 is 18.3. The van der Waals surface area contributed by atoms with E-state index in [1.54, 1.807) is 63.4 Å². The highest BCUT2D eigenvalue weighted by Crippen LogP contribution is 2.46. The van der Waals surface area contributed by atoms with Crippen LogP contribution < -0.4 is 19.8 Å². The van der Waals surface area contributed by atoms with Crippen LogP contribution in [0.15, 0.2) is 42.6 Å². The Morgan fingerprint density at radius 3 is 2.02 bits per heavy atom. The predicted molar refractivity (Wildman–Crippen MR) is 182 cm³/mol. The Bertz CT molecular complexity index is 1430. The molecule has 3 amide bonds. The maximum absolute atomic E-state index is 14.3. The number of anilines is 2. The molecule has 12 heteroatoms. The Kier molecular flexibility index (Phi) is 11.6.